The van der Waals surface area contributed by atoms with Crippen LogP contribution in [0, 0.1) is 0 Å². The summed E-state index contributed by atoms with van der Waals surface area (Å²) >= 11 is 1.71. The summed E-state index contributed by atoms with van der Waals surface area (Å²) in [6, 6.07) is 13.8. The first-order valence-corrected chi connectivity index (χ1v) is 14.2. The number of hydrogen-bond acceptors (Lipinski definition) is 5. The van der Waals surface area contributed by atoms with Crippen LogP contribution >= 0.6 is 11.8 Å². The Morgan fingerprint density at radius 2 is 1.79 bits per heavy atom. The lowest BCUT2D eigenvalue weighted by Gasteiger charge is -2.20. The SMILES string of the molecule is CSCC[C@@H](NC(=O)c1ccc(S(=O)(=O)N2CCCCCC2)cc1)c1nc2ccccc2[nH]1. The number of aromatic nitrogens is 2. The van der Waals surface area contributed by atoms with E-state index in [1.54, 1.807) is 28.2 Å². The molecular weight excluding hydrogens is 456 g/mol. The number of benzene rings is 2. The fourth-order valence-electron chi connectivity index (χ4n) is 4.10. The third-order valence-electron chi connectivity index (χ3n) is 5.97. The third kappa shape index (κ3) is 5.59. The van der Waals surface area contributed by atoms with Gasteiger partial charge in [-0.1, -0.05) is 25.0 Å². The smallest absolute Gasteiger partial charge is 0.251 e. The van der Waals surface area contributed by atoms with Crippen LogP contribution in [0.3, 0.4) is 0 Å². The predicted molar refractivity (Wildman–Crippen MR) is 133 cm³/mol. The van der Waals surface area contributed by atoms with E-state index >= 15 is 0 Å². The van der Waals surface area contributed by atoms with E-state index < -0.39 is 10.0 Å². The maximum Gasteiger partial charge on any atom is 0.251 e. The highest BCUT2D eigenvalue weighted by Crippen LogP contribution is 2.23. The van der Waals surface area contributed by atoms with Crippen molar-refractivity contribution in [3.8, 4) is 0 Å². The minimum atomic E-state index is -3.54. The molecule has 1 aliphatic rings. The summed E-state index contributed by atoms with van der Waals surface area (Å²) < 4.78 is 27.6. The number of H-pyrrole nitrogens is 1. The van der Waals surface area contributed by atoms with Crippen molar-refractivity contribution in [2.45, 2.75) is 43.0 Å². The Balaban J connectivity index is 1.50. The van der Waals surface area contributed by atoms with E-state index in [2.05, 4.69) is 15.3 Å². The number of fused-ring (bicyclic) bond motifs is 1. The van der Waals surface area contributed by atoms with Crippen molar-refractivity contribution in [1.29, 1.82) is 0 Å². The minimum absolute atomic E-state index is 0.233. The zero-order valence-electron chi connectivity index (χ0n) is 18.8. The highest BCUT2D eigenvalue weighted by Gasteiger charge is 2.25. The molecule has 0 unspecified atom stereocenters. The molecule has 1 saturated heterocycles. The molecule has 1 atom stereocenters. The molecule has 3 aromatic rings. The van der Waals surface area contributed by atoms with Crippen LogP contribution in [0.25, 0.3) is 11.0 Å². The van der Waals surface area contributed by atoms with Crippen molar-refractivity contribution in [3.05, 3.63) is 59.9 Å². The van der Waals surface area contributed by atoms with Crippen LogP contribution in [0.5, 0.6) is 0 Å². The van der Waals surface area contributed by atoms with Crippen LogP contribution in [0.1, 0.15) is 54.3 Å². The fraction of sp³-hybridized carbons (Fsp3) is 0.417. The normalized spacial score (nSPS) is 16.4. The number of sulfonamides is 1. The lowest BCUT2D eigenvalue weighted by atomic mass is 10.1. The summed E-state index contributed by atoms with van der Waals surface area (Å²) in [7, 11) is -3.54. The average molecular weight is 487 g/mol. The third-order valence-corrected chi connectivity index (χ3v) is 8.53. The van der Waals surface area contributed by atoms with Crippen molar-refractivity contribution in [2.75, 3.05) is 25.1 Å². The molecule has 1 aliphatic heterocycles. The van der Waals surface area contributed by atoms with Gasteiger partial charge in [-0.3, -0.25) is 4.79 Å². The zero-order valence-corrected chi connectivity index (χ0v) is 20.4. The van der Waals surface area contributed by atoms with E-state index in [9.17, 15) is 13.2 Å². The first kappa shape index (κ1) is 23.8. The molecule has 33 heavy (non-hydrogen) atoms. The van der Waals surface area contributed by atoms with Gasteiger partial charge in [-0.25, -0.2) is 13.4 Å². The molecule has 1 fully saturated rings. The molecule has 4 rings (SSSR count). The molecule has 0 bridgehead atoms. The Morgan fingerprint density at radius 3 is 2.45 bits per heavy atom. The Kier molecular flexibility index (Phi) is 7.72. The van der Waals surface area contributed by atoms with E-state index in [0.29, 0.717) is 18.7 Å². The predicted octanol–water partition coefficient (Wildman–Crippen LogP) is 4.35. The first-order chi connectivity index (χ1) is 16.0. The van der Waals surface area contributed by atoms with Crippen LogP contribution < -0.4 is 5.32 Å². The Labute approximate surface area is 199 Å². The topological polar surface area (TPSA) is 95.2 Å². The Hall–Kier alpha value is -2.36. The largest absolute Gasteiger partial charge is 0.342 e. The number of thioether (sulfide) groups is 1. The standard InChI is InChI=1S/C24H30N4O3S2/c1-32-17-14-22(23-25-20-8-4-5-9-21(20)26-23)27-24(29)18-10-12-19(13-11-18)33(30,31)28-15-6-2-3-7-16-28/h4-5,8-13,22H,2-3,6-7,14-17H2,1H3,(H,25,26)(H,27,29)/t22-/m1/s1. The molecule has 9 heteroatoms. The number of rotatable bonds is 8. The molecule has 1 aromatic heterocycles. The minimum Gasteiger partial charge on any atom is -0.342 e. The number of amides is 1. The van der Waals surface area contributed by atoms with Gasteiger partial charge < -0.3 is 10.3 Å². The van der Waals surface area contributed by atoms with Gasteiger partial charge in [0.1, 0.15) is 5.82 Å². The summed E-state index contributed by atoms with van der Waals surface area (Å²) in [6.45, 7) is 1.11. The lowest BCUT2D eigenvalue weighted by Crippen LogP contribution is -2.32. The number of carbonyl (C=O) groups excluding carboxylic acids is 1. The van der Waals surface area contributed by atoms with Gasteiger partial charge >= 0.3 is 0 Å². The van der Waals surface area contributed by atoms with Crippen LogP contribution in [-0.2, 0) is 10.0 Å². The number of aromatic amines is 1. The van der Waals surface area contributed by atoms with E-state index in [4.69, 9.17) is 0 Å². The molecular formula is C24H30N4O3S2. The number of hydrogen-bond donors (Lipinski definition) is 2. The van der Waals surface area contributed by atoms with E-state index in [1.807, 2.05) is 30.5 Å². The van der Waals surface area contributed by atoms with Crippen molar-refractivity contribution in [1.82, 2.24) is 19.6 Å². The highest BCUT2D eigenvalue weighted by molar-refractivity contribution is 7.98. The first-order valence-electron chi connectivity index (χ1n) is 11.3. The number of nitrogens with zero attached hydrogens (tertiary/aromatic N) is 2. The lowest BCUT2D eigenvalue weighted by molar-refractivity contribution is 0.0934. The van der Waals surface area contributed by atoms with Gasteiger partial charge in [-0.05, 0) is 67.7 Å². The van der Waals surface area contributed by atoms with Gasteiger partial charge in [0.15, 0.2) is 0 Å². The van der Waals surface area contributed by atoms with Crippen LogP contribution in [0.15, 0.2) is 53.4 Å². The second kappa shape index (κ2) is 10.7. The van der Waals surface area contributed by atoms with Crippen LogP contribution in [0.4, 0.5) is 0 Å². The van der Waals surface area contributed by atoms with E-state index in [-0.39, 0.29) is 16.8 Å². The van der Waals surface area contributed by atoms with E-state index in [0.717, 1.165) is 54.7 Å². The fourth-order valence-corrected chi connectivity index (χ4v) is 6.09. The number of nitrogens with one attached hydrogen (secondary N) is 2. The molecule has 0 spiro atoms. The summed E-state index contributed by atoms with van der Waals surface area (Å²) in [6.07, 6.45) is 6.66. The summed E-state index contributed by atoms with van der Waals surface area (Å²) in [4.78, 5) is 21.2. The molecule has 1 amide bonds. The monoisotopic (exact) mass is 486 g/mol. The van der Waals surface area contributed by atoms with Gasteiger partial charge in [-0.15, -0.1) is 0 Å². The van der Waals surface area contributed by atoms with Crippen molar-refractivity contribution < 1.29 is 13.2 Å². The Bertz CT molecular complexity index is 1150. The van der Waals surface area contributed by atoms with Crippen LogP contribution in [-0.4, -0.2) is 53.7 Å². The molecule has 0 saturated carbocycles. The number of imidazole rings is 1. The van der Waals surface area contributed by atoms with Crippen LogP contribution in [0.2, 0.25) is 0 Å². The van der Waals surface area contributed by atoms with Gasteiger partial charge in [-0.2, -0.15) is 16.1 Å². The molecule has 176 valence electrons. The van der Waals surface area contributed by atoms with Gasteiger partial charge in [0.05, 0.1) is 22.0 Å². The molecule has 2 N–H and O–H groups in total. The summed E-state index contributed by atoms with van der Waals surface area (Å²) in [5.41, 5.74) is 2.22. The molecule has 0 radical (unpaired) electrons. The van der Waals surface area contributed by atoms with Gasteiger partial charge in [0.25, 0.3) is 5.91 Å². The molecule has 2 aromatic carbocycles. The summed E-state index contributed by atoms with van der Waals surface area (Å²) in [5.74, 6) is 1.34. The van der Waals surface area contributed by atoms with E-state index in [1.165, 1.54) is 12.1 Å². The molecule has 7 nitrogen and oxygen atoms in total. The number of carbonyl (C=O) groups is 1. The highest BCUT2D eigenvalue weighted by atomic mass is 32.2. The molecule has 2 heterocycles. The average Bonchev–Trinajstić information content (AvgIpc) is 3.06. The van der Waals surface area contributed by atoms with Crippen molar-refractivity contribution in [3.63, 3.8) is 0 Å². The molecule has 0 aliphatic carbocycles. The maximum absolute atomic E-state index is 13.0. The second-order valence-electron chi connectivity index (χ2n) is 8.29. The Morgan fingerprint density at radius 1 is 1.09 bits per heavy atom. The van der Waals surface area contributed by atoms with Gasteiger partial charge in [0, 0.05) is 18.7 Å². The maximum atomic E-state index is 13.0. The summed E-state index contributed by atoms with van der Waals surface area (Å²) in [5, 5.41) is 3.07. The van der Waals surface area contributed by atoms with Crippen molar-refractivity contribution in [2.24, 2.45) is 0 Å². The zero-order chi connectivity index (χ0) is 23.3. The van der Waals surface area contributed by atoms with Gasteiger partial charge in [0.2, 0.25) is 10.0 Å². The second-order valence-corrected chi connectivity index (χ2v) is 11.2. The van der Waals surface area contributed by atoms with Crippen molar-refractivity contribution >= 4 is 38.7 Å². The quantitative estimate of drug-likeness (QED) is 0.494. The number of para-hydroxylation sites is 2.